The van der Waals surface area contributed by atoms with Gasteiger partial charge in [-0.05, 0) is 37.8 Å². The summed E-state index contributed by atoms with van der Waals surface area (Å²) >= 11 is 0. The number of nitrogens with zero attached hydrogens (tertiary/aromatic N) is 1. The van der Waals surface area contributed by atoms with Gasteiger partial charge in [0, 0.05) is 26.2 Å². The molecule has 1 atom stereocenters. The van der Waals surface area contributed by atoms with Gasteiger partial charge in [0.25, 0.3) is 0 Å². The Balaban J connectivity index is 2.17. The van der Waals surface area contributed by atoms with Crippen LogP contribution in [0, 0.1) is 19.8 Å². The molecule has 1 aliphatic heterocycles. The molecular weight excluding hydrogens is 224 g/mol. The first kappa shape index (κ1) is 13.6. The molecule has 0 amide bonds. The fraction of sp³-hybridized carbons (Fsp3) is 0.733. The van der Waals surface area contributed by atoms with Gasteiger partial charge in [0.1, 0.15) is 11.5 Å². The van der Waals surface area contributed by atoms with Crippen LogP contribution >= 0.6 is 0 Å². The minimum absolute atomic E-state index is 0.444. The lowest BCUT2D eigenvalue weighted by Crippen LogP contribution is -2.45. The predicted octanol–water partition coefficient (Wildman–Crippen LogP) is 2.89. The van der Waals surface area contributed by atoms with E-state index in [2.05, 4.69) is 44.0 Å². The summed E-state index contributed by atoms with van der Waals surface area (Å²) in [6.45, 7) is 13.2. The highest BCUT2D eigenvalue weighted by Crippen LogP contribution is 2.30. The molecule has 0 aliphatic carbocycles. The molecule has 1 aromatic rings. The van der Waals surface area contributed by atoms with Crippen molar-refractivity contribution in [1.29, 1.82) is 0 Å². The van der Waals surface area contributed by atoms with Crippen molar-refractivity contribution in [3.63, 3.8) is 0 Å². The summed E-state index contributed by atoms with van der Waals surface area (Å²) in [7, 11) is 0. The maximum Gasteiger partial charge on any atom is 0.121 e. The zero-order chi connectivity index (χ0) is 13.1. The highest BCUT2D eigenvalue weighted by atomic mass is 16.3. The summed E-state index contributed by atoms with van der Waals surface area (Å²) < 4.78 is 5.97. The van der Waals surface area contributed by atoms with Gasteiger partial charge in [0.2, 0.25) is 0 Å². The van der Waals surface area contributed by atoms with E-state index >= 15 is 0 Å². The van der Waals surface area contributed by atoms with Gasteiger partial charge in [0.05, 0.1) is 6.04 Å². The molecule has 2 heterocycles. The van der Waals surface area contributed by atoms with Crippen molar-refractivity contribution in [3.8, 4) is 0 Å². The third-order valence-corrected chi connectivity index (χ3v) is 3.80. The molecule has 1 saturated heterocycles. The quantitative estimate of drug-likeness (QED) is 0.890. The van der Waals surface area contributed by atoms with Crippen LogP contribution in [0.3, 0.4) is 0 Å². The van der Waals surface area contributed by atoms with Crippen molar-refractivity contribution in [3.05, 3.63) is 23.2 Å². The summed E-state index contributed by atoms with van der Waals surface area (Å²) in [6, 6.07) is 2.67. The Morgan fingerprint density at radius 2 is 1.94 bits per heavy atom. The Bertz CT molecular complexity index is 358. The van der Waals surface area contributed by atoms with E-state index in [1.807, 2.05) is 0 Å². The minimum Gasteiger partial charge on any atom is -0.464 e. The molecule has 0 spiro atoms. The van der Waals surface area contributed by atoms with E-state index in [-0.39, 0.29) is 0 Å². The summed E-state index contributed by atoms with van der Waals surface area (Å²) in [5.41, 5.74) is 1.27. The SMILES string of the molecule is Cc1cc([C@@H](CC(C)C)N2CCNCC2)oc1C. The van der Waals surface area contributed by atoms with Crippen molar-refractivity contribution in [2.75, 3.05) is 26.2 Å². The van der Waals surface area contributed by atoms with Crippen LogP contribution in [0.25, 0.3) is 0 Å². The molecule has 0 unspecified atom stereocenters. The lowest BCUT2D eigenvalue weighted by molar-refractivity contribution is 0.135. The monoisotopic (exact) mass is 250 g/mol. The van der Waals surface area contributed by atoms with Crippen molar-refractivity contribution < 1.29 is 4.42 Å². The highest BCUT2D eigenvalue weighted by Gasteiger charge is 2.25. The molecule has 0 aromatic carbocycles. The van der Waals surface area contributed by atoms with Crippen LogP contribution in [0.1, 0.15) is 43.4 Å². The van der Waals surface area contributed by atoms with Crippen LogP contribution in [-0.4, -0.2) is 31.1 Å². The van der Waals surface area contributed by atoms with Gasteiger partial charge >= 0.3 is 0 Å². The number of hydrogen-bond donors (Lipinski definition) is 1. The van der Waals surface area contributed by atoms with Crippen molar-refractivity contribution in [1.82, 2.24) is 10.2 Å². The molecule has 2 rings (SSSR count). The van der Waals surface area contributed by atoms with Crippen LogP contribution in [0.15, 0.2) is 10.5 Å². The van der Waals surface area contributed by atoms with Crippen molar-refractivity contribution in [2.45, 2.75) is 40.2 Å². The zero-order valence-electron chi connectivity index (χ0n) is 12.1. The van der Waals surface area contributed by atoms with E-state index in [9.17, 15) is 0 Å². The van der Waals surface area contributed by atoms with E-state index in [1.165, 1.54) is 12.0 Å². The largest absolute Gasteiger partial charge is 0.464 e. The molecule has 3 heteroatoms. The summed E-state index contributed by atoms with van der Waals surface area (Å²) in [6.07, 6.45) is 1.17. The Morgan fingerprint density at radius 3 is 2.44 bits per heavy atom. The predicted molar refractivity (Wildman–Crippen MR) is 74.8 cm³/mol. The summed E-state index contributed by atoms with van der Waals surface area (Å²) in [5.74, 6) is 2.91. The zero-order valence-corrected chi connectivity index (χ0v) is 12.1. The maximum atomic E-state index is 5.97. The van der Waals surface area contributed by atoms with Crippen LogP contribution in [0.4, 0.5) is 0 Å². The smallest absolute Gasteiger partial charge is 0.121 e. The Labute approximate surface area is 111 Å². The molecule has 18 heavy (non-hydrogen) atoms. The summed E-state index contributed by atoms with van der Waals surface area (Å²) in [4.78, 5) is 2.56. The molecule has 1 aliphatic rings. The normalized spacial score (nSPS) is 19.4. The van der Waals surface area contributed by atoms with Gasteiger partial charge in [-0.3, -0.25) is 4.90 Å². The number of rotatable bonds is 4. The average Bonchev–Trinajstić information content (AvgIpc) is 2.67. The van der Waals surface area contributed by atoms with Crippen LogP contribution in [0.5, 0.6) is 0 Å². The topological polar surface area (TPSA) is 28.4 Å². The third kappa shape index (κ3) is 3.15. The maximum absolute atomic E-state index is 5.97. The molecular formula is C15H26N2O. The molecule has 0 bridgehead atoms. The Hall–Kier alpha value is -0.800. The first-order chi connectivity index (χ1) is 8.58. The molecule has 0 saturated carbocycles. The second kappa shape index (κ2) is 5.89. The van der Waals surface area contributed by atoms with Gasteiger partial charge in [-0.2, -0.15) is 0 Å². The van der Waals surface area contributed by atoms with E-state index in [0.717, 1.165) is 37.7 Å². The highest BCUT2D eigenvalue weighted by molar-refractivity contribution is 5.21. The third-order valence-electron chi connectivity index (χ3n) is 3.80. The van der Waals surface area contributed by atoms with Gasteiger partial charge in [0.15, 0.2) is 0 Å². The molecule has 102 valence electrons. The average molecular weight is 250 g/mol. The standard InChI is InChI=1S/C15H26N2O/c1-11(2)9-14(17-7-5-16-6-8-17)15-10-12(3)13(4)18-15/h10-11,14,16H,5-9H2,1-4H3/t14-/m1/s1. The Morgan fingerprint density at radius 1 is 1.28 bits per heavy atom. The molecule has 0 radical (unpaired) electrons. The second-order valence-corrected chi connectivity index (χ2v) is 5.82. The van der Waals surface area contributed by atoms with Crippen LogP contribution in [-0.2, 0) is 0 Å². The van der Waals surface area contributed by atoms with E-state index < -0.39 is 0 Å². The van der Waals surface area contributed by atoms with E-state index in [1.54, 1.807) is 0 Å². The lowest BCUT2D eigenvalue weighted by Gasteiger charge is -2.34. The van der Waals surface area contributed by atoms with Gasteiger partial charge < -0.3 is 9.73 Å². The van der Waals surface area contributed by atoms with Gasteiger partial charge in [-0.25, -0.2) is 0 Å². The second-order valence-electron chi connectivity index (χ2n) is 5.82. The van der Waals surface area contributed by atoms with Crippen LogP contribution in [0.2, 0.25) is 0 Å². The van der Waals surface area contributed by atoms with E-state index in [0.29, 0.717) is 12.0 Å². The van der Waals surface area contributed by atoms with Crippen molar-refractivity contribution in [2.24, 2.45) is 5.92 Å². The molecule has 3 nitrogen and oxygen atoms in total. The van der Waals surface area contributed by atoms with E-state index in [4.69, 9.17) is 4.42 Å². The number of aryl methyl sites for hydroxylation is 2. The van der Waals surface area contributed by atoms with Gasteiger partial charge in [-0.1, -0.05) is 13.8 Å². The fourth-order valence-corrected chi connectivity index (χ4v) is 2.65. The van der Waals surface area contributed by atoms with Crippen molar-refractivity contribution >= 4 is 0 Å². The number of furan rings is 1. The molecule has 1 fully saturated rings. The molecule has 1 N–H and O–H groups in total. The lowest BCUT2D eigenvalue weighted by atomic mass is 9.99. The first-order valence-electron chi connectivity index (χ1n) is 7.09. The summed E-state index contributed by atoms with van der Waals surface area (Å²) in [5, 5.41) is 3.42. The fourth-order valence-electron chi connectivity index (χ4n) is 2.65. The number of nitrogens with one attached hydrogen (secondary N) is 1. The minimum atomic E-state index is 0.444. The first-order valence-corrected chi connectivity index (χ1v) is 7.09. The number of piperazine rings is 1. The van der Waals surface area contributed by atoms with Crippen LogP contribution < -0.4 is 5.32 Å². The Kier molecular flexibility index (Phi) is 4.46. The molecule has 1 aromatic heterocycles. The van der Waals surface area contributed by atoms with Gasteiger partial charge in [-0.15, -0.1) is 0 Å². The number of hydrogen-bond acceptors (Lipinski definition) is 3.